The number of hydrogen-bond acceptors (Lipinski definition) is 5. The zero-order chi connectivity index (χ0) is 29.1. The summed E-state index contributed by atoms with van der Waals surface area (Å²) >= 11 is 0. The Kier molecular flexibility index (Phi) is 7.88. The van der Waals surface area contributed by atoms with Gasteiger partial charge in [-0.05, 0) is 68.1 Å². The molecule has 0 spiro atoms. The summed E-state index contributed by atoms with van der Waals surface area (Å²) in [5, 5.41) is 17.4. The predicted octanol–water partition coefficient (Wildman–Crippen LogP) is 7.01. The normalized spacial score (nSPS) is 12.4. The van der Waals surface area contributed by atoms with Crippen LogP contribution in [0.1, 0.15) is 63.1 Å². The first-order valence-corrected chi connectivity index (χ1v) is 13.5. The molecule has 41 heavy (non-hydrogen) atoms. The van der Waals surface area contributed by atoms with Crippen LogP contribution < -0.4 is 5.32 Å². The zero-order valence-electron chi connectivity index (χ0n) is 23.5. The van der Waals surface area contributed by atoms with Crippen molar-refractivity contribution in [3.05, 3.63) is 129 Å². The van der Waals surface area contributed by atoms with Crippen molar-refractivity contribution < 1.29 is 23.6 Å². The summed E-state index contributed by atoms with van der Waals surface area (Å²) in [5.41, 5.74) is 7.81. The maximum Gasteiger partial charge on any atom is 0.307 e. The van der Waals surface area contributed by atoms with Crippen LogP contribution in [0, 0.1) is 27.7 Å². The molecule has 1 amide bonds. The molecule has 0 saturated carbocycles. The summed E-state index contributed by atoms with van der Waals surface area (Å²) in [6, 6.07) is 23.5. The highest BCUT2D eigenvalue weighted by atomic mass is 16.5. The van der Waals surface area contributed by atoms with Crippen LogP contribution in [0.15, 0.2) is 87.8 Å². The molecule has 2 N–H and O–H groups in total. The number of fused-ring (bicyclic) bond motifs is 1. The highest BCUT2D eigenvalue weighted by molar-refractivity contribution is 5.89. The fourth-order valence-corrected chi connectivity index (χ4v) is 5.25. The lowest BCUT2D eigenvalue weighted by Crippen LogP contribution is -2.31. The van der Waals surface area contributed by atoms with Gasteiger partial charge in [0.1, 0.15) is 17.1 Å². The third kappa shape index (κ3) is 6.14. The number of aliphatic carboxylic acids is 1. The second-order valence-electron chi connectivity index (χ2n) is 10.3. The van der Waals surface area contributed by atoms with Gasteiger partial charge in [0.05, 0.1) is 30.1 Å². The van der Waals surface area contributed by atoms with Crippen LogP contribution in [0.3, 0.4) is 0 Å². The van der Waals surface area contributed by atoms with Crippen molar-refractivity contribution >= 4 is 28.4 Å². The Labute approximate surface area is 238 Å². The number of amides is 1. The van der Waals surface area contributed by atoms with E-state index in [-0.39, 0.29) is 24.8 Å². The van der Waals surface area contributed by atoms with Gasteiger partial charge in [-0.1, -0.05) is 71.4 Å². The summed E-state index contributed by atoms with van der Waals surface area (Å²) < 4.78 is 11.5. The number of nitrogens with zero attached hydrogens (tertiary/aromatic N) is 1. The molecule has 0 radical (unpaired) electrons. The highest BCUT2D eigenvalue weighted by Crippen LogP contribution is 2.33. The van der Waals surface area contributed by atoms with E-state index in [0.717, 1.165) is 27.6 Å². The molecule has 208 valence electrons. The molecule has 5 rings (SSSR count). The van der Waals surface area contributed by atoms with E-state index in [2.05, 4.69) is 42.5 Å². The number of benzene rings is 3. The quantitative estimate of drug-likeness (QED) is 0.205. The van der Waals surface area contributed by atoms with E-state index < -0.39 is 5.97 Å². The number of carbonyl (C=O) groups is 2. The predicted molar refractivity (Wildman–Crippen MR) is 158 cm³/mol. The minimum atomic E-state index is -0.951. The Balaban J connectivity index is 1.42. The van der Waals surface area contributed by atoms with Gasteiger partial charge in [0.25, 0.3) is 0 Å². The number of carbonyl (C=O) groups excluding carboxylic acids is 1. The summed E-state index contributed by atoms with van der Waals surface area (Å²) in [6.45, 7) is 7.71. The first kappa shape index (κ1) is 27.6. The van der Waals surface area contributed by atoms with Crippen LogP contribution in [-0.4, -0.2) is 22.1 Å². The average Bonchev–Trinajstić information content (AvgIpc) is 3.51. The molecule has 7 heteroatoms. The van der Waals surface area contributed by atoms with E-state index in [1.54, 1.807) is 19.9 Å². The largest absolute Gasteiger partial charge is 0.481 e. The maximum atomic E-state index is 13.4. The van der Waals surface area contributed by atoms with Crippen molar-refractivity contribution in [2.45, 2.75) is 46.6 Å². The van der Waals surface area contributed by atoms with E-state index in [9.17, 15) is 14.7 Å². The minimum absolute atomic E-state index is 0.0975. The molecule has 1 atom stereocenters. The van der Waals surface area contributed by atoms with Crippen LogP contribution in [0.25, 0.3) is 16.5 Å². The number of hydrogen-bond donors (Lipinski definition) is 2. The van der Waals surface area contributed by atoms with Crippen LogP contribution in [0.5, 0.6) is 0 Å². The van der Waals surface area contributed by atoms with Gasteiger partial charge in [-0.2, -0.15) is 0 Å². The Morgan fingerprint density at radius 2 is 1.76 bits per heavy atom. The van der Waals surface area contributed by atoms with Gasteiger partial charge in [0.15, 0.2) is 0 Å². The minimum Gasteiger partial charge on any atom is -0.481 e. The van der Waals surface area contributed by atoms with E-state index in [4.69, 9.17) is 8.94 Å². The number of nitrogens with one attached hydrogen (secondary N) is 1. The van der Waals surface area contributed by atoms with Crippen molar-refractivity contribution in [1.29, 1.82) is 0 Å². The number of aryl methyl sites for hydroxylation is 4. The molecule has 1 unspecified atom stereocenters. The van der Waals surface area contributed by atoms with Crippen LogP contribution in [0.2, 0.25) is 0 Å². The lowest BCUT2D eigenvalue weighted by atomic mass is 9.93. The molecule has 2 heterocycles. The summed E-state index contributed by atoms with van der Waals surface area (Å²) in [7, 11) is 0. The van der Waals surface area contributed by atoms with Gasteiger partial charge in [0, 0.05) is 11.0 Å². The van der Waals surface area contributed by atoms with Gasteiger partial charge in [0.2, 0.25) is 5.91 Å². The molecule has 0 aliphatic rings. The third-order valence-electron chi connectivity index (χ3n) is 7.17. The van der Waals surface area contributed by atoms with Crippen LogP contribution in [0.4, 0.5) is 0 Å². The molecule has 0 aliphatic carbocycles. The monoisotopic (exact) mass is 548 g/mol. The fraction of sp³-hybridized carbons (Fsp3) is 0.206. The highest BCUT2D eigenvalue weighted by Gasteiger charge is 2.21. The summed E-state index contributed by atoms with van der Waals surface area (Å²) in [6.07, 6.45) is 1.62. The molecule has 3 aromatic carbocycles. The SMILES string of the molecule is Cc1ccc(C(NC(=O)Cc2ccc3oc(/C(=C/CC(=O)O)c4c(C)noc4C)cc3c2)c2ccccc2)c(C)c1. The summed E-state index contributed by atoms with van der Waals surface area (Å²) in [5.74, 6) is 0.0398. The first-order valence-electron chi connectivity index (χ1n) is 13.5. The molecule has 0 aliphatic heterocycles. The molecule has 7 nitrogen and oxygen atoms in total. The van der Waals surface area contributed by atoms with Crippen molar-refractivity contribution in [2.75, 3.05) is 0 Å². The molecule has 5 aromatic rings. The zero-order valence-corrected chi connectivity index (χ0v) is 23.5. The van der Waals surface area contributed by atoms with Crippen LogP contribution in [-0.2, 0) is 16.0 Å². The van der Waals surface area contributed by atoms with Gasteiger partial charge < -0.3 is 19.4 Å². The lowest BCUT2D eigenvalue weighted by Gasteiger charge is -2.22. The number of carboxylic acids is 1. The van der Waals surface area contributed by atoms with Crippen molar-refractivity contribution in [1.82, 2.24) is 10.5 Å². The molecule has 2 aromatic heterocycles. The topological polar surface area (TPSA) is 106 Å². The van der Waals surface area contributed by atoms with Crippen LogP contribution >= 0.6 is 0 Å². The van der Waals surface area contributed by atoms with E-state index in [1.165, 1.54) is 5.56 Å². The molecular formula is C34H32N2O5. The van der Waals surface area contributed by atoms with Gasteiger partial charge in [-0.15, -0.1) is 0 Å². The number of aromatic nitrogens is 1. The van der Waals surface area contributed by atoms with Crippen molar-refractivity contribution in [3.63, 3.8) is 0 Å². The van der Waals surface area contributed by atoms with E-state index >= 15 is 0 Å². The number of furan rings is 1. The molecule has 0 fully saturated rings. The molecule has 0 bridgehead atoms. The summed E-state index contributed by atoms with van der Waals surface area (Å²) in [4.78, 5) is 24.7. The van der Waals surface area contributed by atoms with Crippen molar-refractivity contribution in [2.24, 2.45) is 0 Å². The maximum absolute atomic E-state index is 13.4. The second-order valence-corrected chi connectivity index (χ2v) is 10.3. The Bertz CT molecular complexity index is 1740. The second kappa shape index (κ2) is 11.7. The standard InChI is InChI=1S/C34H32N2O5/c1-20-10-12-27(21(2)16-20)34(25-8-6-5-7-9-25)35-31(37)18-24-11-14-29-26(17-24)19-30(40-29)28(13-15-32(38)39)33-22(3)36-41-23(33)4/h5-14,16-17,19,34H,15,18H2,1-4H3,(H,35,37)(H,38,39)/b28-13-. The lowest BCUT2D eigenvalue weighted by molar-refractivity contribution is -0.136. The molecule has 0 saturated heterocycles. The third-order valence-corrected chi connectivity index (χ3v) is 7.17. The van der Waals surface area contributed by atoms with E-state index in [1.807, 2.05) is 54.6 Å². The molecular weight excluding hydrogens is 516 g/mol. The average molecular weight is 549 g/mol. The Morgan fingerprint density at radius 3 is 2.44 bits per heavy atom. The van der Waals surface area contributed by atoms with Crippen molar-refractivity contribution in [3.8, 4) is 0 Å². The van der Waals surface area contributed by atoms with E-state index in [0.29, 0.717) is 33.9 Å². The van der Waals surface area contributed by atoms with Gasteiger partial charge in [-0.25, -0.2) is 0 Å². The Morgan fingerprint density at radius 1 is 0.976 bits per heavy atom. The first-order chi connectivity index (χ1) is 19.7. The smallest absolute Gasteiger partial charge is 0.307 e. The number of carboxylic acid groups (broad SMARTS) is 1. The fourth-order valence-electron chi connectivity index (χ4n) is 5.25. The number of rotatable bonds is 9. The Hall–Kier alpha value is -4.91. The van der Waals surface area contributed by atoms with Gasteiger partial charge in [-0.3, -0.25) is 9.59 Å². The van der Waals surface area contributed by atoms with Gasteiger partial charge >= 0.3 is 5.97 Å².